The number of fused-ring (bicyclic) bond motifs is 1. The van der Waals surface area contributed by atoms with Crippen LogP contribution in [0, 0.1) is 0 Å². The largest absolute Gasteiger partial charge is 0.481 e. The Bertz CT molecular complexity index is 764. The zero-order valence-electron chi connectivity index (χ0n) is 11.6. The van der Waals surface area contributed by atoms with Gasteiger partial charge in [-0.25, -0.2) is 8.42 Å². The number of hydrogen-bond donors (Lipinski definition) is 1. The van der Waals surface area contributed by atoms with E-state index in [1.807, 2.05) is 0 Å². The van der Waals surface area contributed by atoms with Crippen molar-refractivity contribution in [3.05, 3.63) is 30.3 Å². The molecule has 0 saturated carbocycles. The highest BCUT2D eigenvalue weighted by Gasteiger charge is 2.37. The number of aliphatic carboxylic acids is 1. The maximum absolute atomic E-state index is 12.7. The predicted molar refractivity (Wildman–Crippen MR) is 77.0 cm³/mol. The number of para-hydroxylation sites is 1. The van der Waals surface area contributed by atoms with Crippen LogP contribution in [0.15, 0.2) is 39.8 Å². The van der Waals surface area contributed by atoms with Gasteiger partial charge in [0.25, 0.3) is 10.0 Å². The molecule has 1 fully saturated rings. The second kappa shape index (κ2) is 5.71. The smallest absolute Gasteiger partial charge is 0.305 e. The Morgan fingerprint density at radius 1 is 1.36 bits per heavy atom. The van der Waals surface area contributed by atoms with Crippen molar-refractivity contribution in [3.63, 3.8) is 0 Å². The lowest BCUT2D eigenvalue weighted by molar-refractivity contribution is -0.139. The Kier molecular flexibility index (Phi) is 3.90. The van der Waals surface area contributed by atoms with Gasteiger partial charge in [-0.05, 0) is 6.07 Å². The van der Waals surface area contributed by atoms with Gasteiger partial charge >= 0.3 is 5.97 Å². The summed E-state index contributed by atoms with van der Waals surface area (Å²) in [5.41, 5.74) is 0.476. The Morgan fingerprint density at radius 3 is 2.86 bits per heavy atom. The van der Waals surface area contributed by atoms with Crippen LogP contribution in [-0.2, 0) is 19.6 Å². The molecule has 7 nitrogen and oxygen atoms in total. The number of carboxylic acid groups (broad SMARTS) is 1. The van der Waals surface area contributed by atoms with E-state index in [-0.39, 0.29) is 31.3 Å². The van der Waals surface area contributed by atoms with Crippen LogP contribution in [0.4, 0.5) is 0 Å². The third-order valence-electron chi connectivity index (χ3n) is 3.55. The molecule has 0 radical (unpaired) electrons. The second-order valence-electron chi connectivity index (χ2n) is 5.05. The number of carbonyl (C=O) groups is 1. The molecule has 1 atom stereocenters. The van der Waals surface area contributed by atoms with Crippen molar-refractivity contribution in [2.24, 2.45) is 0 Å². The lowest BCUT2D eigenvalue weighted by atomic mass is 10.2. The van der Waals surface area contributed by atoms with E-state index in [4.69, 9.17) is 14.3 Å². The third-order valence-corrected chi connectivity index (χ3v) is 5.36. The Labute approximate surface area is 127 Å². The monoisotopic (exact) mass is 325 g/mol. The molecule has 1 saturated heterocycles. The number of rotatable bonds is 4. The first-order valence-electron chi connectivity index (χ1n) is 6.78. The van der Waals surface area contributed by atoms with Gasteiger partial charge in [-0.1, -0.05) is 18.2 Å². The van der Waals surface area contributed by atoms with Crippen molar-refractivity contribution in [1.82, 2.24) is 4.31 Å². The SMILES string of the molecule is O=C(O)C[C@H]1COCCN1S(=O)(=O)c1cc2ccccc2o1. The number of nitrogens with zero attached hydrogens (tertiary/aromatic N) is 1. The van der Waals surface area contributed by atoms with Crippen LogP contribution in [0.5, 0.6) is 0 Å². The van der Waals surface area contributed by atoms with Crippen LogP contribution in [0.1, 0.15) is 6.42 Å². The summed E-state index contributed by atoms with van der Waals surface area (Å²) in [4.78, 5) is 10.9. The van der Waals surface area contributed by atoms with E-state index < -0.39 is 22.0 Å². The topological polar surface area (TPSA) is 97.0 Å². The molecule has 1 aromatic heterocycles. The number of carboxylic acids is 1. The summed E-state index contributed by atoms with van der Waals surface area (Å²) in [5.74, 6) is -1.07. The van der Waals surface area contributed by atoms with Crippen molar-refractivity contribution < 1.29 is 27.5 Å². The van der Waals surface area contributed by atoms with Crippen molar-refractivity contribution in [3.8, 4) is 0 Å². The van der Waals surface area contributed by atoms with E-state index in [0.29, 0.717) is 11.0 Å². The highest BCUT2D eigenvalue weighted by molar-refractivity contribution is 7.89. The van der Waals surface area contributed by atoms with Crippen molar-refractivity contribution in [1.29, 1.82) is 0 Å². The molecule has 1 aliphatic heterocycles. The first kappa shape index (κ1) is 15.0. The summed E-state index contributed by atoms with van der Waals surface area (Å²) < 4.78 is 37.2. The van der Waals surface area contributed by atoms with Gasteiger partial charge in [-0.2, -0.15) is 4.31 Å². The number of morpholine rings is 1. The summed E-state index contributed by atoms with van der Waals surface area (Å²) in [6.07, 6.45) is -0.306. The minimum Gasteiger partial charge on any atom is -0.481 e. The number of sulfonamides is 1. The molecule has 2 heterocycles. The lowest BCUT2D eigenvalue weighted by Crippen LogP contribution is -2.49. The minimum absolute atomic E-state index is 0.0613. The second-order valence-corrected chi connectivity index (χ2v) is 6.87. The van der Waals surface area contributed by atoms with Gasteiger partial charge in [0.15, 0.2) is 0 Å². The van der Waals surface area contributed by atoms with Gasteiger partial charge < -0.3 is 14.3 Å². The fourth-order valence-electron chi connectivity index (χ4n) is 2.52. The number of hydrogen-bond acceptors (Lipinski definition) is 5. The fourth-order valence-corrected chi connectivity index (χ4v) is 4.06. The van der Waals surface area contributed by atoms with Crippen LogP contribution in [0.3, 0.4) is 0 Å². The van der Waals surface area contributed by atoms with E-state index in [1.165, 1.54) is 6.07 Å². The van der Waals surface area contributed by atoms with E-state index >= 15 is 0 Å². The summed E-state index contributed by atoms with van der Waals surface area (Å²) in [5, 5.41) is 9.44. The maximum Gasteiger partial charge on any atom is 0.305 e. The highest BCUT2D eigenvalue weighted by atomic mass is 32.2. The molecule has 22 heavy (non-hydrogen) atoms. The normalized spacial score (nSPS) is 20.3. The number of furan rings is 1. The van der Waals surface area contributed by atoms with Crippen molar-refractivity contribution in [2.45, 2.75) is 17.6 Å². The van der Waals surface area contributed by atoms with Gasteiger partial charge in [-0.15, -0.1) is 0 Å². The van der Waals surface area contributed by atoms with Gasteiger partial charge in [-0.3, -0.25) is 4.79 Å². The number of benzene rings is 1. The molecule has 0 bridgehead atoms. The van der Waals surface area contributed by atoms with Gasteiger partial charge in [0.05, 0.1) is 25.7 Å². The number of ether oxygens (including phenoxy) is 1. The first-order valence-corrected chi connectivity index (χ1v) is 8.22. The fraction of sp³-hybridized carbons (Fsp3) is 0.357. The zero-order valence-corrected chi connectivity index (χ0v) is 12.5. The molecule has 2 aromatic rings. The Morgan fingerprint density at radius 2 is 2.14 bits per heavy atom. The summed E-state index contributed by atoms with van der Waals surface area (Å²) in [7, 11) is -3.90. The average Bonchev–Trinajstić information content (AvgIpc) is 2.92. The molecule has 3 rings (SSSR count). The molecule has 1 N–H and O–H groups in total. The Hall–Kier alpha value is -1.90. The zero-order chi connectivity index (χ0) is 15.7. The van der Waals surface area contributed by atoms with E-state index in [9.17, 15) is 13.2 Å². The van der Waals surface area contributed by atoms with Crippen LogP contribution in [-0.4, -0.2) is 49.6 Å². The van der Waals surface area contributed by atoms with Crippen LogP contribution in [0.2, 0.25) is 0 Å². The molecule has 0 aliphatic carbocycles. The highest BCUT2D eigenvalue weighted by Crippen LogP contribution is 2.27. The molecular weight excluding hydrogens is 310 g/mol. The average molecular weight is 325 g/mol. The molecule has 0 spiro atoms. The van der Waals surface area contributed by atoms with E-state index in [1.54, 1.807) is 24.3 Å². The maximum atomic E-state index is 12.7. The van der Waals surface area contributed by atoms with Gasteiger partial charge in [0.2, 0.25) is 5.09 Å². The van der Waals surface area contributed by atoms with Gasteiger partial charge in [0, 0.05) is 18.0 Å². The van der Waals surface area contributed by atoms with Crippen LogP contribution >= 0.6 is 0 Å². The standard InChI is InChI=1S/C14H15NO6S/c16-13(17)8-11-9-20-6-5-15(11)22(18,19)14-7-10-3-1-2-4-12(10)21-14/h1-4,7,11H,5-6,8-9H2,(H,16,17)/t11-/m0/s1. The Balaban J connectivity index is 1.97. The van der Waals surface area contributed by atoms with Gasteiger partial charge in [0.1, 0.15) is 5.58 Å². The summed E-state index contributed by atoms with van der Waals surface area (Å²) in [6.45, 7) is 0.401. The molecule has 1 aliphatic rings. The summed E-state index contributed by atoms with van der Waals surface area (Å²) in [6, 6.07) is 7.71. The lowest BCUT2D eigenvalue weighted by Gasteiger charge is -2.32. The molecule has 0 unspecified atom stereocenters. The molecular formula is C14H15NO6S. The van der Waals surface area contributed by atoms with Crippen molar-refractivity contribution >= 4 is 27.0 Å². The summed E-state index contributed by atoms with van der Waals surface area (Å²) >= 11 is 0. The van der Waals surface area contributed by atoms with E-state index in [2.05, 4.69) is 0 Å². The van der Waals surface area contributed by atoms with Crippen LogP contribution in [0.25, 0.3) is 11.0 Å². The van der Waals surface area contributed by atoms with Crippen LogP contribution < -0.4 is 0 Å². The molecule has 8 heteroatoms. The van der Waals surface area contributed by atoms with Crippen molar-refractivity contribution in [2.75, 3.05) is 19.8 Å². The molecule has 1 aromatic carbocycles. The first-order chi connectivity index (χ1) is 10.5. The quantitative estimate of drug-likeness (QED) is 0.910. The molecule has 0 amide bonds. The predicted octanol–water partition coefficient (Wildman–Crippen LogP) is 1.30. The minimum atomic E-state index is -3.90. The third kappa shape index (κ3) is 2.72. The molecule has 118 valence electrons. The van der Waals surface area contributed by atoms with E-state index in [0.717, 1.165) is 4.31 Å².